The van der Waals surface area contributed by atoms with Gasteiger partial charge in [0.15, 0.2) is 4.87 Å². The Morgan fingerprint density at radius 2 is 2.08 bits per heavy atom. The van der Waals surface area contributed by atoms with Crippen LogP contribution in [0.2, 0.25) is 0 Å². The first kappa shape index (κ1) is 17.5. The fourth-order valence-electron chi connectivity index (χ4n) is 3.58. The first-order chi connectivity index (χ1) is 12.6. The molecule has 1 aromatic heterocycles. The third-order valence-corrected chi connectivity index (χ3v) is 7.50. The Kier molecular flexibility index (Phi) is 4.48. The van der Waals surface area contributed by atoms with E-state index in [9.17, 15) is 9.59 Å². The molecule has 0 saturated carbocycles. The molecule has 136 valence electrons. The molecule has 2 aliphatic heterocycles. The number of fused-ring (bicyclic) bond motifs is 3. The molecule has 3 heterocycles. The van der Waals surface area contributed by atoms with Gasteiger partial charge in [0.1, 0.15) is 5.01 Å². The summed E-state index contributed by atoms with van der Waals surface area (Å²) in [5.74, 6) is 0.162. The van der Waals surface area contributed by atoms with Crippen molar-refractivity contribution in [1.82, 2.24) is 10.2 Å². The highest BCUT2D eigenvalue weighted by molar-refractivity contribution is 8.02. The summed E-state index contributed by atoms with van der Waals surface area (Å²) < 4.78 is 0. The van der Waals surface area contributed by atoms with Crippen LogP contribution in [0.4, 0.5) is 10.8 Å². The number of carbonyl (C=O) groups is 2. The molecule has 2 amide bonds. The predicted octanol–water partition coefficient (Wildman–Crippen LogP) is 4.01. The van der Waals surface area contributed by atoms with E-state index >= 15 is 0 Å². The largest absolute Gasteiger partial charge is 0.298 e. The maximum absolute atomic E-state index is 13.2. The van der Waals surface area contributed by atoms with E-state index < -0.39 is 4.87 Å². The number of thioether (sulfide) groups is 1. The minimum Gasteiger partial charge on any atom is -0.298 e. The Labute approximate surface area is 160 Å². The Hall–Kier alpha value is -1.93. The zero-order chi connectivity index (χ0) is 18.3. The highest BCUT2D eigenvalue weighted by Gasteiger charge is 2.57. The van der Waals surface area contributed by atoms with Crippen molar-refractivity contribution in [3.05, 3.63) is 29.3 Å². The van der Waals surface area contributed by atoms with Crippen LogP contribution < -0.4 is 10.2 Å². The second-order valence-electron chi connectivity index (χ2n) is 6.50. The third kappa shape index (κ3) is 2.63. The number of para-hydroxylation sites is 1. The van der Waals surface area contributed by atoms with Gasteiger partial charge in [-0.2, -0.15) is 0 Å². The number of anilines is 2. The van der Waals surface area contributed by atoms with Crippen LogP contribution >= 0.6 is 23.1 Å². The van der Waals surface area contributed by atoms with Gasteiger partial charge in [-0.25, -0.2) is 0 Å². The van der Waals surface area contributed by atoms with Crippen molar-refractivity contribution in [2.45, 2.75) is 55.2 Å². The molecular formula is C18H20N4O2S2. The number of nitrogens with one attached hydrogen (secondary N) is 1. The number of amides is 2. The minimum absolute atomic E-state index is 0.00687. The van der Waals surface area contributed by atoms with E-state index in [1.54, 1.807) is 4.90 Å². The lowest BCUT2D eigenvalue weighted by Crippen LogP contribution is -2.49. The van der Waals surface area contributed by atoms with Crippen molar-refractivity contribution >= 4 is 45.7 Å². The summed E-state index contributed by atoms with van der Waals surface area (Å²) >= 11 is 2.88. The van der Waals surface area contributed by atoms with Crippen LogP contribution in [0, 0.1) is 0 Å². The Balaban J connectivity index is 1.60. The summed E-state index contributed by atoms with van der Waals surface area (Å²) in [6.07, 6.45) is 2.87. The normalized spacial score (nSPS) is 21.2. The fourth-order valence-corrected chi connectivity index (χ4v) is 6.00. The highest BCUT2D eigenvalue weighted by Crippen LogP contribution is 2.56. The molecule has 1 fully saturated rings. The predicted molar refractivity (Wildman–Crippen MR) is 104 cm³/mol. The molecule has 1 atom stereocenters. The molecule has 2 aromatic rings. The molecule has 0 aliphatic carbocycles. The molecule has 1 aromatic carbocycles. The molecule has 26 heavy (non-hydrogen) atoms. The summed E-state index contributed by atoms with van der Waals surface area (Å²) in [6.45, 7) is 4.25. The average Bonchev–Trinajstić information content (AvgIpc) is 3.31. The van der Waals surface area contributed by atoms with Gasteiger partial charge in [0.05, 0.1) is 5.69 Å². The monoisotopic (exact) mass is 388 g/mol. The molecule has 6 nitrogen and oxygen atoms in total. The SMILES string of the molecule is CCC(CC)c1nnc(NC(=O)C23CCC(=O)N2c2ccccc2S3)s1. The van der Waals surface area contributed by atoms with Crippen molar-refractivity contribution < 1.29 is 9.59 Å². The molecule has 0 bridgehead atoms. The first-order valence-corrected chi connectivity index (χ1v) is 10.5. The number of aromatic nitrogens is 2. The Bertz CT molecular complexity index is 864. The maximum Gasteiger partial charge on any atom is 0.263 e. The Morgan fingerprint density at radius 1 is 1.31 bits per heavy atom. The molecule has 0 radical (unpaired) electrons. The zero-order valence-electron chi connectivity index (χ0n) is 14.7. The highest BCUT2D eigenvalue weighted by atomic mass is 32.2. The van der Waals surface area contributed by atoms with Crippen molar-refractivity contribution in [3.8, 4) is 0 Å². The maximum atomic E-state index is 13.2. The van der Waals surface area contributed by atoms with E-state index in [4.69, 9.17) is 0 Å². The second-order valence-corrected chi connectivity index (χ2v) is 8.82. The van der Waals surface area contributed by atoms with Crippen LogP contribution in [0.5, 0.6) is 0 Å². The van der Waals surface area contributed by atoms with Gasteiger partial charge in [0.2, 0.25) is 11.0 Å². The number of benzene rings is 1. The molecular weight excluding hydrogens is 368 g/mol. The molecule has 1 saturated heterocycles. The molecule has 8 heteroatoms. The Morgan fingerprint density at radius 3 is 2.85 bits per heavy atom. The van der Waals surface area contributed by atoms with Gasteiger partial charge in [-0.15, -0.1) is 10.2 Å². The van der Waals surface area contributed by atoms with Gasteiger partial charge < -0.3 is 0 Å². The van der Waals surface area contributed by atoms with Crippen molar-refractivity contribution in [3.63, 3.8) is 0 Å². The van der Waals surface area contributed by atoms with Crippen molar-refractivity contribution in [1.29, 1.82) is 0 Å². The van der Waals surface area contributed by atoms with Crippen LogP contribution in [0.1, 0.15) is 50.5 Å². The molecule has 2 aliphatic rings. The lowest BCUT2D eigenvalue weighted by Gasteiger charge is -2.29. The number of rotatable bonds is 5. The number of nitrogens with zero attached hydrogens (tertiary/aromatic N) is 3. The smallest absolute Gasteiger partial charge is 0.263 e. The summed E-state index contributed by atoms with van der Waals surface area (Å²) in [4.78, 5) is 27.3. The topological polar surface area (TPSA) is 75.2 Å². The molecule has 1 N–H and O–H groups in total. The molecule has 4 rings (SSSR count). The van der Waals surface area contributed by atoms with Gasteiger partial charge in [0, 0.05) is 17.2 Å². The van der Waals surface area contributed by atoms with Crippen LogP contribution in [0.25, 0.3) is 0 Å². The van der Waals surface area contributed by atoms with Crippen LogP contribution in [0.15, 0.2) is 29.2 Å². The van der Waals surface area contributed by atoms with Crippen LogP contribution in [-0.4, -0.2) is 26.9 Å². The number of hydrogen-bond donors (Lipinski definition) is 1. The summed E-state index contributed by atoms with van der Waals surface area (Å²) in [5, 5.41) is 12.8. The van der Waals surface area contributed by atoms with Crippen molar-refractivity contribution in [2.24, 2.45) is 0 Å². The lowest BCUT2D eigenvalue weighted by molar-refractivity contribution is -0.121. The standard InChI is InChI=1S/C18H20N4O2S2/c1-3-11(4-2)15-20-21-17(25-15)19-16(24)18-10-9-14(23)22(18)12-7-5-6-8-13(12)26-18/h5-8,11H,3-4,9-10H2,1-2H3,(H,19,21,24). The third-order valence-electron chi connectivity index (χ3n) is 5.02. The molecule has 0 spiro atoms. The summed E-state index contributed by atoms with van der Waals surface area (Å²) in [7, 11) is 0. The van der Waals surface area contributed by atoms with E-state index in [0.29, 0.717) is 23.9 Å². The van der Waals surface area contributed by atoms with Crippen LogP contribution in [0.3, 0.4) is 0 Å². The lowest BCUT2D eigenvalue weighted by atomic mass is 10.1. The zero-order valence-corrected chi connectivity index (χ0v) is 16.3. The van der Waals surface area contributed by atoms with Gasteiger partial charge in [-0.3, -0.25) is 19.8 Å². The van der Waals surface area contributed by atoms with Gasteiger partial charge in [-0.05, 0) is 31.4 Å². The fraction of sp³-hybridized carbons (Fsp3) is 0.444. The summed E-state index contributed by atoms with van der Waals surface area (Å²) in [6, 6.07) is 7.68. The average molecular weight is 389 g/mol. The minimum atomic E-state index is -0.915. The molecule has 1 unspecified atom stereocenters. The van der Waals surface area contributed by atoms with E-state index in [0.717, 1.165) is 28.4 Å². The first-order valence-electron chi connectivity index (χ1n) is 8.85. The van der Waals surface area contributed by atoms with Gasteiger partial charge >= 0.3 is 0 Å². The van der Waals surface area contributed by atoms with Gasteiger partial charge in [0.25, 0.3) is 5.91 Å². The van der Waals surface area contributed by atoms with Crippen molar-refractivity contribution in [2.75, 3.05) is 10.2 Å². The quantitative estimate of drug-likeness (QED) is 0.838. The summed E-state index contributed by atoms with van der Waals surface area (Å²) in [5.41, 5.74) is 0.824. The van der Waals surface area contributed by atoms with E-state index in [-0.39, 0.29) is 11.8 Å². The van der Waals surface area contributed by atoms with E-state index in [2.05, 4.69) is 29.4 Å². The van der Waals surface area contributed by atoms with E-state index in [1.807, 2.05) is 24.3 Å². The van der Waals surface area contributed by atoms with Crippen LogP contribution in [-0.2, 0) is 9.59 Å². The van der Waals surface area contributed by atoms with Gasteiger partial charge in [-0.1, -0.05) is 49.1 Å². The number of carbonyl (C=O) groups excluding carboxylic acids is 2. The van der Waals surface area contributed by atoms with E-state index in [1.165, 1.54) is 23.1 Å². The second kappa shape index (κ2) is 6.66. The number of hydrogen-bond acceptors (Lipinski definition) is 6.